The molecule has 3 rings (SSSR count). The number of unbranched alkanes of at least 4 members (excludes halogenated alkanes) is 1. The van der Waals surface area contributed by atoms with Crippen LogP contribution in [-0.4, -0.2) is 64.9 Å². The number of carbonyl (C=O) groups is 2. The summed E-state index contributed by atoms with van der Waals surface area (Å²) < 4.78 is 6.12. The summed E-state index contributed by atoms with van der Waals surface area (Å²) >= 11 is 0. The van der Waals surface area contributed by atoms with E-state index < -0.39 is 24.2 Å². The Hall–Kier alpha value is -2.38. The van der Waals surface area contributed by atoms with Crippen LogP contribution in [0.2, 0.25) is 0 Å². The van der Waals surface area contributed by atoms with Crippen LogP contribution in [0.3, 0.4) is 0 Å². The van der Waals surface area contributed by atoms with Gasteiger partial charge in [-0.3, -0.25) is 9.59 Å². The summed E-state index contributed by atoms with van der Waals surface area (Å²) in [5, 5.41) is 23.3. The Morgan fingerprint density at radius 2 is 2.00 bits per heavy atom. The number of nitrogens with zero attached hydrogens (tertiary/aromatic N) is 1. The second-order valence-corrected chi connectivity index (χ2v) is 9.05. The van der Waals surface area contributed by atoms with Gasteiger partial charge in [0.15, 0.2) is 0 Å². The molecule has 0 aromatic heterocycles. The highest BCUT2D eigenvalue weighted by molar-refractivity contribution is 5.96. The number of rotatable bonds is 10. The summed E-state index contributed by atoms with van der Waals surface area (Å²) in [4.78, 5) is 27.9. The van der Waals surface area contributed by atoms with Gasteiger partial charge in [0.05, 0.1) is 18.6 Å². The number of aliphatic hydroxyl groups excluding tert-OH is 2. The van der Waals surface area contributed by atoms with E-state index in [0.29, 0.717) is 30.2 Å². The van der Waals surface area contributed by atoms with E-state index in [1.165, 1.54) is 0 Å². The molecule has 1 heterocycles. The van der Waals surface area contributed by atoms with Crippen molar-refractivity contribution >= 4 is 11.8 Å². The number of hydrogen-bond donors (Lipinski definition) is 3. The van der Waals surface area contributed by atoms with Crippen molar-refractivity contribution in [2.75, 3.05) is 19.7 Å². The summed E-state index contributed by atoms with van der Waals surface area (Å²) in [5.41, 5.74) is 1.33. The summed E-state index contributed by atoms with van der Waals surface area (Å²) in [6.45, 7) is 6.72. The largest absolute Gasteiger partial charge is 0.486 e. The molecule has 0 fully saturated rings. The van der Waals surface area contributed by atoms with Crippen molar-refractivity contribution in [3.05, 3.63) is 41.5 Å². The first kappa shape index (κ1) is 24.3. The SMILES string of the molecule is CCCCC(=O)N(CCC(C)C)C1C=C(C(=O)NCCO)C2c3ccccc3OC2C1O. The van der Waals surface area contributed by atoms with E-state index in [4.69, 9.17) is 9.84 Å². The van der Waals surface area contributed by atoms with Crippen molar-refractivity contribution in [2.45, 2.75) is 70.6 Å². The normalized spacial score (nSPS) is 23.8. The summed E-state index contributed by atoms with van der Waals surface area (Å²) in [5.74, 6) is 0.295. The van der Waals surface area contributed by atoms with Crippen molar-refractivity contribution < 1.29 is 24.5 Å². The zero-order valence-corrected chi connectivity index (χ0v) is 19.3. The van der Waals surface area contributed by atoms with Gasteiger partial charge in [0.1, 0.15) is 18.0 Å². The minimum absolute atomic E-state index is 0.0168. The molecule has 0 spiro atoms. The van der Waals surface area contributed by atoms with Crippen molar-refractivity contribution in [3.8, 4) is 5.75 Å². The molecule has 1 aliphatic carbocycles. The molecule has 2 amide bonds. The molecule has 32 heavy (non-hydrogen) atoms. The minimum Gasteiger partial charge on any atom is -0.486 e. The number of fused-ring (bicyclic) bond motifs is 3. The molecule has 1 aromatic carbocycles. The number of carbonyl (C=O) groups excluding carboxylic acids is 2. The maximum absolute atomic E-state index is 13.1. The van der Waals surface area contributed by atoms with Crippen LogP contribution in [0.25, 0.3) is 0 Å². The lowest BCUT2D eigenvalue weighted by atomic mass is 9.77. The molecule has 0 saturated carbocycles. The van der Waals surface area contributed by atoms with Gasteiger partial charge in [-0.2, -0.15) is 0 Å². The Labute approximate surface area is 190 Å². The number of hydrogen-bond acceptors (Lipinski definition) is 5. The third-order valence-corrected chi connectivity index (χ3v) is 6.25. The molecule has 1 aliphatic heterocycles. The lowest BCUT2D eigenvalue weighted by Crippen LogP contribution is -2.56. The number of amides is 2. The Morgan fingerprint density at radius 3 is 2.69 bits per heavy atom. The molecule has 7 heteroatoms. The van der Waals surface area contributed by atoms with E-state index in [9.17, 15) is 14.7 Å². The number of nitrogens with one attached hydrogen (secondary N) is 1. The second-order valence-electron chi connectivity index (χ2n) is 9.05. The number of ether oxygens (including phenoxy) is 1. The fraction of sp³-hybridized carbons (Fsp3) is 0.600. The molecule has 176 valence electrons. The van der Waals surface area contributed by atoms with Crippen LogP contribution in [0.1, 0.15) is 57.9 Å². The zero-order valence-electron chi connectivity index (χ0n) is 19.3. The summed E-state index contributed by atoms with van der Waals surface area (Å²) in [6.07, 6.45) is 3.03. The van der Waals surface area contributed by atoms with Crippen LogP contribution >= 0.6 is 0 Å². The molecule has 4 unspecified atom stereocenters. The van der Waals surface area contributed by atoms with Gasteiger partial charge in [-0.25, -0.2) is 0 Å². The number of aliphatic hydroxyl groups is 2. The molecular weight excluding hydrogens is 408 g/mol. The molecular formula is C25H36N2O5. The first-order chi connectivity index (χ1) is 15.4. The van der Waals surface area contributed by atoms with Gasteiger partial charge >= 0.3 is 0 Å². The van der Waals surface area contributed by atoms with Gasteiger partial charge in [-0.1, -0.05) is 45.4 Å². The van der Waals surface area contributed by atoms with E-state index in [-0.39, 0.29) is 25.0 Å². The number of benzene rings is 1. The zero-order chi connectivity index (χ0) is 23.3. The average molecular weight is 445 g/mol. The third kappa shape index (κ3) is 5.15. The van der Waals surface area contributed by atoms with Crippen LogP contribution in [0.4, 0.5) is 0 Å². The van der Waals surface area contributed by atoms with Crippen LogP contribution < -0.4 is 10.1 Å². The third-order valence-electron chi connectivity index (χ3n) is 6.25. The van der Waals surface area contributed by atoms with E-state index in [1.54, 1.807) is 11.0 Å². The van der Waals surface area contributed by atoms with Gasteiger partial charge in [0, 0.05) is 30.6 Å². The summed E-state index contributed by atoms with van der Waals surface area (Å²) in [6, 6.07) is 6.84. The highest BCUT2D eigenvalue weighted by Crippen LogP contribution is 2.47. The standard InChI is InChI=1S/C25H36N2O5/c1-4-5-10-21(29)27(13-11-16(2)3)19-15-18(25(31)26-12-14-28)22-17-8-6-7-9-20(17)32-24(22)23(19)30/h6-9,15-16,19,22-24,28,30H,4-5,10-14H2,1-3H3,(H,26,31). The second kappa shape index (κ2) is 11.0. The average Bonchev–Trinajstić information content (AvgIpc) is 3.17. The Morgan fingerprint density at radius 1 is 1.25 bits per heavy atom. The Bertz CT molecular complexity index is 837. The maximum Gasteiger partial charge on any atom is 0.247 e. The highest BCUT2D eigenvalue weighted by atomic mass is 16.5. The molecule has 4 atom stereocenters. The molecule has 0 saturated heterocycles. The monoisotopic (exact) mass is 444 g/mol. The fourth-order valence-corrected chi connectivity index (χ4v) is 4.50. The first-order valence-corrected chi connectivity index (χ1v) is 11.7. The molecule has 3 N–H and O–H groups in total. The molecule has 7 nitrogen and oxygen atoms in total. The van der Waals surface area contributed by atoms with Crippen LogP contribution in [0.15, 0.2) is 35.9 Å². The number of para-hydroxylation sites is 1. The van der Waals surface area contributed by atoms with Gasteiger partial charge in [-0.15, -0.1) is 0 Å². The van der Waals surface area contributed by atoms with Crippen LogP contribution in [0, 0.1) is 5.92 Å². The van der Waals surface area contributed by atoms with Crippen LogP contribution in [0.5, 0.6) is 5.75 Å². The maximum atomic E-state index is 13.1. The first-order valence-electron chi connectivity index (χ1n) is 11.7. The van der Waals surface area contributed by atoms with Gasteiger partial charge in [-0.05, 0) is 30.9 Å². The van der Waals surface area contributed by atoms with Gasteiger partial charge < -0.3 is 25.2 Å². The minimum atomic E-state index is -0.959. The molecule has 2 aliphatic rings. The quantitative estimate of drug-likeness (QED) is 0.515. The smallest absolute Gasteiger partial charge is 0.247 e. The van der Waals surface area contributed by atoms with E-state index in [0.717, 1.165) is 24.8 Å². The molecule has 1 aromatic rings. The Kier molecular flexibility index (Phi) is 8.32. The highest BCUT2D eigenvalue weighted by Gasteiger charge is 2.50. The van der Waals surface area contributed by atoms with E-state index in [2.05, 4.69) is 19.2 Å². The van der Waals surface area contributed by atoms with Crippen molar-refractivity contribution in [2.24, 2.45) is 5.92 Å². The topological polar surface area (TPSA) is 99.1 Å². The molecule has 0 radical (unpaired) electrons. The predicted octanol–water partition coefficient (Wildman–Crippen LogP) is 2.37. The lowest BCUT2D eigenvalue weighted by Gasteiger charge is -2.41. The summed E-state index contributed by atoms with van der Waals surface area (Å²) in [7, 11) is 0. The molecule has 0 bridgehead atoms. The van der Waals surface area contributed by atoms with Gasteiger partial charge in [0.25, 0.3) is 0 Å². The van der Waals surface area contributed by atoms with Crippen LogP contribution in [-0.2, 0) is 9.59 Å². The van der Waals surface area contributed by atoms with E-state index >= 15 is 0 Å². The predicted molar refractivity (Wildman–Crippen MR) is 122 cm³/mol. The van der Waals surface area contributed by atoms with Crippen molar-refractivity contribution in [1.29, 1.82) is 0 Å². The van der Waals surface area contributed by atoms with Crippen molar-refractivity contribution in [1.82, 2.24) is 10.2 Å². The van der Waals surface area contributed by atoms with Crippen molar-refractivity contribution in [3.63, 3.8) is 0 Å². The van der Waals surface area contributed by atoms with E-state index in [1.807, 2.05) is 31.2 Å². The van der Waals surface area contributed by atoms with Gasteiger partial charge in [0.2, 0.25) is 11.8 Å². The fourth-order valence-electron chi connectivity index (χ4n) is 4.50. The Balaban J connectivity index is 1.99. The lowest BCUT2D eigenvalue weighted by molar-refractivity contribution is -0.137.